The topological polar surface area (TPSA) is 60.5 Å². The summed E-state index contributed by atoms with van der Waals surface area (Å²) in [6.45, 7) is 4.75. The third kappa shape index (κ3) is 3.78. The van der Waals surface area contributed by atoms with Crippen LogP contribution in [0.3, 0.4) is 0 Å². The molecule has 0 aliphatic heterocycles. The van der Waals surface area contributed by atoms with Crippen LogP contribution in [0.2, 0.25) is 0 Å². The average molecular weight is 187 g/mol. The maximum atomic E-state index is 11.3. The summed E-state index contributed by atoms with van der Waals surface area (Å²) < 4.78 is 0. The molecule has 0 spiro atoms. The largest absolute Gasteiger partial charge is 0.453 e. The Morgan fingerprint density at radius 2 is 1.62 bits per heavy atom. The molecule has 5 nitrogen and oxygen atoms in total. The molecule has 5 heteroatoms. The van der Waals surface area contributed by atoms with Crippen molar-refractivity contribution in [3.63, 3.8) is 0 Å². The van der Waals surface area contributed by atoms with Crippen molar-refractivity contribution < 1.29 is 14.7 Å². The Kier molecular flexibility index (Phi) is 4.87. The van der Waals surface area contributed by atoms with Crippen molar-refractivity contribution in [3.8, 4) is 0 Å². The van der Waals surface area contributed by atoms with Gasteiger partial charge in [-0.25, -0.2) is 9.90 Å². The lowest BCUT2D eigenvalue weighted by molar-refractivity contribution is -0.131. The predicted octanol–water partition coefficient (Wildman–Crippen LogP) is 0.337. The quantitative estimate of drug-likeness (QED) is 0.637. The second kappa shape index (κ2) is 5.40. The lowest BCUT2D eigenvalue weighted by atomic mass is 10.4. The number of hydrogen-bond donors (Lipinski definition) is 0. The van der Waals surface area contributed by atoms with Crippen LogP contribution in [0.1, 0.15) is 13.8 Å². The number of likely N-dealkylation sites (N-methyl/N-ethyl adjacent to an activating group) is 2. The summed E-state index contributed by atoms with van der Waals surface area (Å²) in [7, 11) is 1.32. The van der Waals surface area contributed by atoms with E-state index in [2.05, 4.69) is 0 Å². The molecule has 13 heavy (non-hydrogen) atoms. The minimum absolute atomic E-state index is 0.135. The van der Waals surface area contributed by atoms with Crippen LogP contribution >= 0.6 is 0 Å². The van der Waals surface area contributed by atoms with E-state index >= 15 is 0 Å². The summed E-state index contributed by atoms with van der Waals surface area (Å²) >= 11 is 0. The summed E-state index contributed by atoms with van der Waals surface area (Å²) in [6, 6.07) is 0. The second-order valence-electron chi connectivity index (χ2n) is 2.69. The summed E-state index contributed by atoms with van der Waals surface area (Å²) in [5.41, 5.74) is 0. The minimum atomic E-state index is -1.33. The minimum Gasteiger partial charge on any atom is -0.342 e. The first kappa shape index (κ1) is 11.7. The van der Waals surface area contributed by atoms with E-state index in [0.29, 0.717) is 13.1 Å². The van der Waals surface area contributed by atoms with Crippen LogP contribution in [-0.2, 0) is 9.90 Å². The van der Waals surface area contributed by atoms with Crippen molar-refractivity contribution in [3.05, 3.63) is 0 Å². The molecule has 0 rings (SSSR count). The van der Waals surface area contributed by atoms with Gasteiger partial charge in [0.1, 0.15) is 6.54 Å². The molecule has 0 saturated carbocycles. The molecule has 1 radical (unpaired) electrons. The van der Waals surface area contributed by atoms with Crippen LogP contribution in [0.25, 0.3) is 0 Å². The molecule has 75 valence electrons. The van der Waals surface area contributed by atoms with Gasteiger partial charge in [-0.15, -0.1) is 0 Å². The molecule has 0 aliphatic rings. The molecule has 0 saturated heterocycles. The molecule has 0 heterocycles. The molecule has 0 fully saturated rings. The Morgan fingerprint density at radius 1 is 1.15 bits per heavy atom. The van der Waals surface area contributed by atoms with Gasteiger partial charge in [-0.05, 0) is 13.8 Å². The molecule has 0 aromatic rings. The second-order valence-corrected chi connectivity index (χ2v) is 2.69. The number of hydrogen-bond acceptors (Lipinski definition) is 2. The smallest absolute Gasteiger partial charge is 0.342 e. The van der Waals surface area contributed by atoms with Crippen LogP contribution in [-0.4, -0.2) is 48.5 Å². The van der Waals surface area contributed by atoms with Crippen molar-refractivity contribution in [2.24, 2.45) is 0 Å². The van der Waals surface area contributed by atoms with Crippen molar-refractivity contribution in [2.75, 3.05) is 26.7 Å². The number of carbonyl (C=O) groups excluding carboxylic acids is 2. The molecule has 0 N–H and O–H groups in total. The first-order valence-corrected chi connectivity index (χ1v) is 4.22. The zero-order chi connectivity index (χ0) is 10.4. The first-order chi connectivity index (χ1) is 6.02. The maximum absolute atomic E-state index is 11.3. The van der Waals surface area contributed by atoms with E-state index < -0.39 is 6.09 Å². The summed E-state index contributed by atoms with van der Waals surface area (Å²) in [4.78, 5) is 24.0. The van der Waals surface area contributed by atoms with E-state index in [4.69, 9.17) is 0 Å². The Balaban J connectivity index is 4.05. The van der Waals surface area contributed by atoms with Crippen LogP contribution in [0.15, 0.2) is 0 Å². The molecule has 0 unspecified atom stereocenters. The Hall–Kier alpha value is -1.26. The fourth-order valence-electron chi connectivity index (χ4n) is 0.944. The number of nitrogens with zero attached hydrogens (tertiary/aromatic N) is 2. The number of rotatable bonds is 4. The summed E-state index contributed by atoms with van der Waals surface area (Å²) in [5.74, 6) is -0.197. The van der Waals surface area contributed by atoms with Gasteiger partial charge < -0.3 is 4.90 Å². The molecular weight excluding hydrogens is 172 g/mol. The van der Waals surface area contributed by atoms with Crippen LogP contribution < -0.4 is 0 Å². The standard InChI is InChI=1S/C8H15N2O3/c1-4-10(5-2)7(11)6-9(3)8(12)13/h4-6H2,1-3H3. The average Bonchev–Trinajstić information content (AvgIpc) is 2.06. The summed E-state index contributed by atoms with van der Waals surface area (Å²) in [5, 5.41) is 10.3. The van der Waals surface area contributed by atoms with Crippen molar-refractivity contribution in [1.82, 2.24) is 9.80 Å². The highest BCUT2D eigenvalue weighted by Crippen LogP contribution is 1.92. The fourth-order valence-corrected chi connectivity index (χ4v) is 0.944. The van der Waals surface area contributed by atoms with Crippen LogP contribution in [0.4, 0.5) is 4.79 Å². The van der Waals surface area contributed by atoms with E-state index in [1.54, 1.807) is 4.90 Å². The van der Waals surface area contributed by atoms with Crippen LogP contribution in [0.5, 0.6) is 0 Å². The van der Waals surface area contributed by atoms with Gasteiger partial charge in [-0.2, -0.15) is 0 Å². The summed E-state index contributed by atoms with van der Waals surface area (Å²) in [6.07, 6.45) is -1.33. The van der Waals surface area contributed by atoms with Crippen molar-refractivity contribution in [1.29, 1.82) is 0 Å². The van der Waals surface area contributed by atoms with Crippen molar-refractivity contribution >= 4 is 12.0 Å². The van der Waals surface area contributed by atoms with Gasteiger partial charge in [0.05, 0.1) is 0 Å². The van der Waals surface area contributed by atoms with E-state index in [1.165, 1.54) is 7.05 Å². The molecule has 0 aromatic carbocycles. The van der Waals surface area contributed by atoms with Gasteiger partial charge in [-0.1, -0.05) is 0 Å². The van der Waals surface area contributed by atoms with E-state index in [1.807, 2.05) is 13.8 Å². The molecule has 0 bridgehead atoms. The monoisotopic (exact) mass is 187 g/mol. The highest BCUT2D eigenvalue weighted by molar-refractivity contribution is 5.81. The number of carbonyl (C=O) groups is 2. The third-order valence-electron chi connectivity index (χ3n) is 1.80. The Bertz CT molecular complexity index is 190. The molecular formula is C8H15N2O3. The van der Waals surface area contributed by atoms with E-state index in [9.17, 15) is 14.7 Å². The lowest BCUT2D eigenvalue weighted by Crippen LogP contribution is -2.40. The lowest BCUT2D eigenvalue weighted by Gasteiger charge is -2.20. The third-order valence-corrected chi connectivity index (χ3v) is 1.80. The van der Waals surface area contributed by atoms with Gasteiger partial charge in [0.2, 0.25) is 5.91 Å². The molecule has 2 amide bonds. The normalized spacial score (nSPS) is 9.46. The molecule has 0 aliphatic carbocycles. The molecule has 0 atom stereocenters. The maximum Gasteiger partial charge on any atom is 0.453 e. The van der Waals surface area contributed by atoms with Crippen molar-refractivity contribution in [2.45, 2.75) is 13.8 Å². The zero-order valence-electron chi connectivity index (χ0n) is 8.24. The zero-order valence-corrected chi connectivity index (χ0v) is 8.24. The SMILES string of the molecule is CCN(CC)C(=O)CN(C)C([O])=O. The fraction of sp³-hybridized carbons (Fsp3) is 0.750. The van der Waals surface area contributed by atoms with Gasteiger partial charge in [0.15, 0.2) is 0 Å². The van der Waals surface area contributed by atoms with E-state index in [0.717, 1.165) is 4.90 Å². The number of amides is 2. The predicted molar refractivity (Wildman–Crippen MR) is 46.6 cm³/mol. The highest BCUT2D eigenvalue weighted by Gasteiger charge is 2.15. The van der Waals surface area contributed by atoms with E-state index in [-0.39, 0.29) is 12.5 Å². The Labute approximate surface area is 77.9 Å². The van der Waals surface area contributed by atoms with Gasteiger partial charge in [0, 0.05) is 20.1 Å². The van der Waals surface area contributed by atoms with Gasteiger partial charge >= 0.3 is 6.09 Å². The highest BCUT2D eigenvalue weighted by atomic mass is 16.4. The molecule has 0 aromatic heterocycles. The first-order valence-electron chi connectivity index (χ1n) is 4.22. The van der Waals surface area contributed by atoms with Gasteiger partial charge in [0.25, 0.3) is 0 Å². The Morgan fingerprint density at radius 3 is 1.92 bits per heavy atom. The van der Waals surface area contributed by atoms with Crippen LogP contribution in [0, 0.1) is 0 Å². The van der Waals surface area contributed by atoms with Gasteiger partial charge in [-0.3, -0.25) is 9.69 Å².